The van der Waals surface area contributed by atoms with Gasteiger partial charge >= 0.3 is 11.9 Å². The lowest BCUT2D eigenvalue weighted by Gasteiger charge is -2.47. The zero-order chi connectivity index (χ0) is 24.9. The highest BCUT2D eigenvalue weighted by molar-refractivity contribution is 5.86. The third-order valence-electron chi connectivity index (χ3n) is 4.99. The van der Waals surface area contributed by atoms with Crippen molar-refractivity contribution in [3.63, 3.8) is 0 Å². The van der Waals surface area contributed by atoms with Gasteiger partial charge in [0, 0.05) is 6.54 Å². The number of hydrogen-bond donors (Lipinski definition) is 9. The van der Waals surface area contributed by atoms with Gasteiger partial charge in [0.05, 0.1) is 12.6 Å². The molecule has 7 atom stereocenters. The number of amides is 2. The molecule has 2 amide bonds. The monoisotopic (exact) mass is 473 g/mol. The molecule has 186 valence electrons. The maximum atomic E-state index is 14.5. The molecule has 1 heterocycles. The minimum Gasteiger partial charge on any atom is -0.480 e. The molecule has 0 aromatic rings. The molecule has 0 radical (unpaired) electrons. The standard InChI is InChI=1S/C17H29F2N3O10/c1-7(14(28)29)22-13(27)8(20)4-2-3-5-21-15(30)16(18,19)17(31)12(26)11(25)10(24)9(6-23)32-17/h7-12,23-26,31H,2-6,20H2,1H3,(H,21,30)(H,22,27)(H,28,29). The molecule has 13 nitrogen and oxygen atoms in total. The van der Waals surface area contributed by atoms with E-state index in [1.165, 1.54) is 6.92 Å². The average Bonchev–Trinajstić information content (AvgIpc) is 2.73. The molecular weight excluding hydrogens is 444 g/mol. The highest BCUT2D eigenvalue weighted by Gasteiger charge is 2.69. The molecule has 0 bridgehead atoms. The summed E-state index contributed by atoms with van der Waals surface area (Å²) in [6, 6.07) is -2.22. The van der Waals surface area contributed by atoms with Gasteiger partial charge in [-0.1, -0.05) is 0 Å². The Morgan fingerprint density at radius 2 is 1.78 bits per heavy atom. The smallest absolute Gasteiger partial charge is 0.379 e. The molecule has 10 N–H and O–H groups in total. The first-order valence-corrected chi connectivity index (χ1v) is 9.70. The molecule has 0 spiro atoms. The largest absolute Gasteiger partial charge is 0.480 e. The van der Waals surface area contributed by atoms with Crippen molar-refractivity contribution < 1.29 is 58.5 Å². The number of halogens is 2. The molecule has 7 unspecified atom stereocenters. The van der Waals surface area contributed by atoms with Gasteiger partial charge in [0.2, 0.25) is 5.91 Å². The Kier molecular flexibility index (Phi) is 9.83. The SMILES string of the molecule is CC(NC(=O)C(N)CCCCNC(=O)C(F)(F)C1(O)OC(CO)C(O)C(O)C1O)C(=O)O. The zero-order valence-corrected chi connectivity index (χ0v) is 17.1. The molecule has 1 aliphatic heterocycles. The fourth-order valence-corrected chi connectivity index (χ4v) is 2.89. The number of hydrogen-bond acceptors (Lipinski definition) is 10. The van der Waals surface area contributed by atoms with Crippen LogP contribution in [0.1, 0.15) is 26.2 Å². The number of aliphatic carboxylic acids is 1. The molecule has 1 aliphatic rings. The first kappa shape index (κ1) is 28.0. The van der Waals surface area contributed by atoms with Crippen molar-refractivity contribution in [3.05, 3.63) is 0 Å². The predicted octanol–water partition coefficient (Wildman–Crippen LogP) is -4.01. The number of aliphatic hydroxyl groups excluding tert-OH is 4. The molecule has 32 heavy (non-hydrogen) atoms. The molecular formula is C17H29F2N3O10. The summed E-state index contributed by atoms with van der Waals surface area (Å²) in [4.78, 5) is 34.3. The maximum Gasteiger partial charge on any atom is 0.379 e. The summed E-state index contributed by atoms with van der Waals surface area (Å²) in [6.07, 6.45) is -8.68. The lowest BCUT2D eigenvalue weighted by molar-refractivity contribution is -0.401. The van der Waals surface area contributed by atoms with E-state index in [4.69, 9.17) is 15.9 Å². The normalized spacial score (nSPS) is 30.3. The van der Waals surface area contributed by atoms with Crippen LogP contribution in [0.25, 0.3) is 0 Å². The Hall–Kier alpha value is -2.01. The highest BCUT2D eigenvalue weighted by atomic mass is 19.3. The number of ether oxygens (including phenoxy) is 1. The molecule has 1 rings (SSSR count). The van der Waals surface area contributed by atoms with Crippen LogP contribution < -0.4 is 16.4 Å². The molecule has 0 saturated carbocycles. The number of nitrogens with two attached hydrogens (primary N) is 1. The molecule has 15 heteroatoms. The van der Waals surface area contributed by atoms with Crippen molar-refractivity contribution in [2.24, 2.45) is 5.73 Å². The third-order valence-corrected chi connectivity index (χ3v) is 4.99. The third kappa shape index (κ3) is 6.06. The number of unbranched alkanes of at least 4 members (excludes halogenated alkanes) is 1. The summed E-state index contributed by atoms with van der Waals surface area (Å²) in [7, 11) is 0. The first-order valence-electron chi connectivity index (χ1n) is 9.70. The fraction of sp³-hybridized carbons (Fsp3) is 0.824. The van der Waals surface area contributed by atoms with Crippen LogP contribution >= 0.6 is 0 Å². The van der Waals surface area contributed by atoms with E-state index in [-0.39, 0.29) is 25.8 Å². The topological polar surface area (TPSA) is 232 Å². The lowest BCUT2D eigenvalue weighted by Crippen LogP contribution is -2.73. The summed E-state index contributed by atoms with van der Waals surface area (Å²) in [5.74, 6) is -12.7. The Balaban J connectivity index is 2.57. The van der Waals surface area contributed by atoms with E-state index in [0.29, 0.717) is 0 Å². The minimum absolute atomic E-state index is 0.0540. The summed E-state index contributed by atoms with van der Waals surface area (Å²) in [5.41, 5.74) is 5.60. The Morgan fingerprint density at radius 1 is 1.19 bits per heavy atom. The van der Waals surface area contributed by atoms with Gasteiger partial charge in [0.1, 0.15) is 30.5 Å². The Bertz CT molecular complexity index is 683. The number of carbonyl (C=O) groups excluding carboxylic acids is 2. The quantitative estimate of drug-likeness (QED) is 0.131. The first-order chi connectivity index (χ1) is 14.7. The van der Waals surface area contributed by atoms with Crippen molar-refractivity contribution in [3.8, 4) is 0 Å². The molecule has 0 aliphatic carbocycles. The van der Waals surface area contributed by atoms with E-state index in [1.54, 1.807) is 0 Å². The second-order valence-corrected chi connectivity index (χ2v) is 7.46. The van der Waals surface area contributed by atoms with Crippen molar-refractivity contribution in [2.45, 2.75) is 74.4 Å². The van der Waals surface area contributed by atoms with Crippen molar-refractivity contribution >= 4 is 17.8 Å². The molecule has 1 fully saturated rings. The number of carbonyl (C=O) groups is 3. The summed E-state index contributed by atoms with van der Waals surface area (Å²) in [6.45, 7) is -0.203. The Morgan fingerprint density at radius 3 is 2.31 bits per heavy atom. The van der Waals surface area contributed by atoms with Gasteiger partial charge in [-0.05, 0) is 26.2 Å². The van der Waals surface area contributed by atoms with Crippen LogP contribution in [0.2, 0.25) is 0 Å². The molecule has 1 saturated heterocycles. The van der Waals surface area contributed by atoms with Crippen LogP contribution in [0, 0.1) is 0 Å². The molecule has 0 aromatic carbocycles. The van der Waals surface area contributed by atoms with Crippen LogP contribution in [0.15, 0.2) is 0 Å². The highest BCUT2D eigenvalue weighted by Crippen LogP contribution is 2.39. The average molecular weight is 473 g/mol. The second-order valence-electron chi connectivity index (χ2n) is 7.46. The van der Waals surface area contributed by atoms with Crippen LogP contribution in [0.5, 0.6) is 0 Å². The number of carboxylic acid groups (broad SMARTS) is 1. The predicted molar refractivity (Wildman–Crippen MR) is 100.0 cm³/mol. The van der Waals surface area contributed by atoms with Crippen molar-refractivity contribution in [1.82, 2.24) is 10.6 Å². The second kappa shape index (κ2) is 11.2. The summed E-state index contributed by atoms with van der Waals surface area (Å²) < 4.78 is 33.5. The van der Waals surface area contributed by atoms with Crippen molar-refractivity contribution in [2.75, 3.05) is 13.2 Å². The van der Waals surface area contributed by atoms with Crippen LogP contribution in [-0.2, 0) is 19.1 Å². The number of alkyl halides is 2. The fourth-order valence-electron chi connectivity index (χ4n) is 2.89. The summed E-state index contributed by atoms with van der Waals surface area (Å²) >= 11 is 0. The van der Waals surface area contributed by atoms with Crippen LogP contribution in [0.3, 0.4) is 0 Å². The van der Waals surface area contributed by atoms with Crippen LogP contribution in [0.4, 0.5) is 8.78 Å². The number of carboxylic acids is 1. The maximum absolute atomic E-state index is 14.5. The number of nitrogens with one attached hydrogen (secondary N) is 2. The van der Waals surface area contributed by atoms with Crippen LogP contribution in [-0.4, -0.2) is 110 Å². The van der Waals surface area contributed by atoms with E-state index >= 15 is 0 Å². The van der Waals surface area contributed by atoms with E-state index in [1.807, 2.05) is 5.32 Å². The van der Waals surface area contributed by atoms with Crippen molar-refractivity contribution in [1.29, 1.82) is 0 Å². The Labute approximate surface area is 181 Å². The summed E-state index contributed by atoms with van der Waals surface area (Å²) in [5, 5.41) is 60.9. The van der Waals surface area contributed by atoms with E-state index in [2.05, 4.69) is 10.1 Å². The van der Waals surface area contributed by atoms with Gasteiger partial charge in [-0.25, -0.2) is 0 Å². The van der Waals surface area contributed by atoms with E-state index in [0.717, 1.165) is 0 Å². The minimum atomic E-state index is -4.79. The van der Waals surface area contributed by atoms with Gasteiger partial charge in [-0.2, -0.15) is 8.78 Å². The number of aliphatic hydroxyl groups is 5. The molecule has 0 aromatic heterocycles. The van der Waals surface area contributed by atoms with E-state index in [9.17, 15) is 43.6 Å². The van der Waals surface area contributed by atoms with Gasteiger partial charge in [-0.3, -0.25) is 14.4 Å². The number of rotatable bonds is 11. The van der Waals surface area contributed by atoms with Gasteiger partial charge in [0.25, 0.3) is 11.7 Å². The van der Waals surface area contributed by atoms with Gasteiger partial charge < -0.3 is 51.7 Å². The lowest BCUT2D eigenvalue weighted by atomic mass is 9.88. The van der Waals surface area contributed by atoms with Gasteiger partial charge in [-0.15, -0.1) is 0 Å². The zero-order valence-electron chi connectivity index (χ0n) is 17.1. The van der Waals surface area contributed by atoms with E-state index < -0.39 is 72.6 Å². The van der Waals surface area contributed by atoms with Gasteiger partial charge in [0.15, 0.2) is 0 Å².